The van der Waals surface area contributed by atoms with Crippen LogP contribution in [0.4, 0.5) is 0 Å². The summed E-state index contributed by atoms with van der Waals surface area (Å²) in [5.74, 6) is -0.736. The lowest BCUT2D eigenvalue weighted by molar-refractivity contribution is -0.136. The van der Waals surface area contributed by atoms with Crippen LogP contribution >= 0.6 is 0 Å². The lowest BCUT2D eigenvalue weighted by Gasteiger charge is -2.09. The topological polar surface area (TPSA) is 37.3 Å². The van der Waals surface area contributed by atoms with Crippen LogP contribution in [0, 0.1) is 0 Å². The molecule has 0 aliphatic carbocycles. The zero-order chi connectivity index (χ0) is 16.2. The van der Waals surface area contributed by atoms with Crippen LogP contribution in [0.2, 0.25) is 0 Å². The third kappa shape index (κ3) is 8.21. The van der Waals surface area contributed by atoms with Gasteiger partial charge in [-0.3, -0.25) is 4.79 Å². The van der Waals surface area contributed by atoms with Crippen molar-refractivity contribution in [3.05, 3.63) is 34.9 Å². The van der Waals surface area contributed by atoms with Gasteiger partial charge in [-0.2, -0.15) is 0 Å². The molecule has 0 radical (unpaired) electrons. The molecule has 2 nitrogen and oxygen atoms in total. The fraction of sp³-hybridized carbons (Fsp3) is 0.650. The Morgan fingerprint density at radius 2 is 1.23 bits per heavy atom. The number of hydrogen-bond donors (Lipinski definition) is 1. The van der Waals surface area contributed by atoms with Crippen molar-refractivity contribution in [1.29, 1.82) is 0 Å². The van der Waals surface area contributed by atoms with Crippen LogP contribution in [0.25, 0.3) is 0 Å². The van der Waals surface area contributed by atoms with E-state index in [1.807, 2.05) is 0 Å². The van der Waals surface area contributed by atoms with E-state index in [0.29, 0.717) is 0 Å². The lowest BCUT2D eigenvalue weighted by atomic mass is 9.96. The van der Waals surface area contributed by atoms with Crippen LogP contribution in [0.5, 0.6) is 0 Å². The van der Waals surface area contributed by atoms with E-state index in [4.69, 9.17) is 5.11 Å². The molecule has 2 heteroatoms. The second kappa shape index (κ2) is 11.3. The quantitative estimate of drug-likeness (QED) is 0.513. The molecule has 0 aromatic heterocycles. The van der Waals surface area contributed by atoms with Crippen molar-refractivity contribution in [2.24, 2.45) is 0 Å². The summed E-state index contributed by atoms with van der Waals surface area (Å²) < 4.78 is 0. The maximum Gasteiger partial charge on any atom is 0.307 e. The number of aryl methyl sites for hydroxylation is 2. The Balaban J connectivity index is 2.65. The molecule has 1 aromatic rings. The van der Waals surface area contributed by atoms with Gasteiger partial charge in [0.15, 0.2) is 0 Å². The van der Waals surface area contributed by atoms with E-state index in [-0.39, 0.29) is 6.42 Å². The van der Waals surface area contributed by atoms with Crippen LogP contribution in [-0.4, -0.2) is 11.1 Å². The molecule has 0 spiro atoms. The smallest absolute Gasteiger partial charge is 0.307 e. The van der Waals surface area contributed by atoms with Gasteiger partial charge in [-0.05, 0) is 42.4 Å². The van der Waals surface area contributed by atoms with Crippen molar-refractivity contribution in [2.45, 2.75) is 84.5 Å². The molecular weight excluding hydrogens is 272 g/mol. The summed E-state index contributed by atoms with van der Waals surface area (Å²) in [6, 6.07) is 6.48. The van der Waals surface area contributed by atoms with Gasteiger partial charge in [-0.1, -0.05) is 70.6 Å². The maximum absolute atomic E-state index is 11.0. The summed E-state index contributed by atoms with van der Waals surface area (Å²) in [5.41, 5.74) is 3.60. The van der Waals surface area contributed by atoms with Gasteiger partial charge in [-0.15, -0.1) is 0 Å². The highest BCUT2D eigenvalue weighted by Gasteiger charge is 2.05. The van der Waals surface area contributed by atoms with Crippen LogP contribution in [0.15, 0.2) is 18.2 Å². The van der Waals surface area contributed by atoms with E-state index in [1.165, 1.54) is 62.5 Å². The van der Waals surface area contributed by atoms with E-state index in [0.717, 1.165) is 18.4 Å². The number of aliphatic carboxylic acids is 1. The fourth-order valence-electron chi connectivity index (χ4n) is 2.92. The fourth-order valence-corrected chi connectivity index (χ4v) is 2.92. The van der Waals surface area contributed by atoms with Crippen molar-refractivity contribution in [3.8, 4) is 0 Å². The summed E-state index contributed by atoms with van der Waals surface area (Å²) in [6.45, 7) is 4.45. The Labute approximate surface area is 135 Å². The number of rotatable bonds is 12. The molecule has 0 atom stereocenters. The van der Waals surface area contributed by atoms with Crippen molar-refractivity contribution < 1.29 is 9.90 Å². The zero-order valence-corrected chi connectivity index (χ0v) is 14.4. The number of carbonyl (C=O) groups is 1. The number of unbranched alkanes of at least 4 members (excludes halogenated alkanes) is 6. The molecular formula is C20H32O2. The van der Waals surface area contributed by atoms with E-state index in [9.17, 15) is 4.79 Å². The molecule has 22 heavy (non-hydrogen) atoms. The third-order valence-corrected chi connectivity index (χ3v) is 4.11. The molecule has 1 aromatic carbocycles. The molecule has 1 N–H and O–H groups in total. The van der Waals surface area contributed by atoms with Crippen molar-refractivity contribution in [3.63, 3.8) is 0 Å². The summed E-state index contributed by atoms with van der Waals surface area (Å²) >= 11 is 0. The number of benzene rings is 1. The van der Waals surface area contributed by atoms with E-state index >= 15 is 0 Å². The van der Waals surface area contributed by atoms with Crippen LogP contribution in [0.1, 0.15) is 81.9 Å². The number of carboxylic acid groups (broad SMARTS) is 1. The van der Waals surface area contributed by atoms with Crippen molar-refractivity contribution >= 4 is 5.97 Å². The van der Waals surface area contributed by atoms with Gasteiger partial charge >= 0.3 is 5.97 Å². The first-order chi connectivity index (χ1) is 10.7. The molecule has 0 aliphatic heterocycles. The third-order valence-electron chi connectivity index (χ3n) is 4.11. The predicted octanol–water partition coefficient (Wildman–Crippen LogP) is 5.56. The highest BCUT2D eigenvalue weighted by Crippen LogP contribution is 2.17. The molecule has 0 amide bonds. The first-order valence-corrected chi connectivity index (χ1v) is 8.99. The summed E-state index contributed by atoms with van der Waals surface area (Å²) in [6.07, 6.45) is 12.3. The minimum atomic E-state index is -0.736. The second-order valence-electron chi connectivity index (χ2n) is 6.35. The van der Waals surface area contributed by atoms with Crippen molar-refractivity contribution in [1.82, 2.24) is 0 Å². The molecule has 0 bridgehead atoms. The molecule has 0 aliphatic rings. The SMILES string of the molecule is CCCCCCc1cc(CCCCCC)cc(CC(=O)O)c1. The molecule has 124 valence electrons. The standard InChI is InChI=1S/C20H32O2/c1-3-5-7-9-11-17-13-18(12-10-8-6-4-2)15-19(14-17)16-20(21)22/h13-15H,3-12,16H2,1-2H3,(H,21,22). The average Bonchev–Trinajstić information content (AvgIpc) is 2.47. The highest BCUT2D eigenvalue weighted by molar-refractivity contribution is 5.70. The molecule has 0 unspecified atom stereocenters. The van der Waals surface area contributed by atoms with Crippen LogP contribution in [0.3, 0.4) is 0 Å². The van der Waals surface area contributed by atoms with Gasteiger partial charge in [0, 0.05) is 0 Å². The molecule has 0 saturated heterocycles. The van der Waals surface area contributed by atoms with Gasteiger partial charge in [0.1, 0.15) is 0 Å². The molecule has 0 heterocycles. The van der Waals surface area contributed by atoms with Gasteiger partial charge in [0.2, 0.25) is 0 Å². The second-order valence-corrected chi connectivity index (χ2v) is 6.35. The monoisotopic (exact) mass is 304 g/mol. The minimum absolute atomic E-state index is 0.144. The first kappa shape index (κ1) is 18.7. The van der Waals surface area contributed by atoms with Gasteiger partial charge < -0.3 is 5.11 Å². The average molecular weight is 304 g/mol. The van der Waals surface area contributed by atoms with Crippen LogP contribution in [-0.2, 0) is 24.1 Å². The maximum atomic E-state index is 11.0. The predicted molar refractivity (Wildman–Crippen MR) is 93.5 cm³/mol. The molecule has 1 rings (SSSR count). The minimum Gasteiger partial charge on any atom is -0.481 e. The summed E-state index contributed by atoms with van der Waals surface area (Å²) in [4.78, 5) is 11.0. The van der Waals surface area contributed by atoms with Gasteiger partial charge in [-0.25, -0.2) is 0 Å². The number of hydrogen-bond acceptors (Lipinski definition) is 1. The van der Waals surface area contributed by atoms with Crippen LogP contribution < -0.4 is 0 Å². The van der Waals surface area contributed by atoms with Gasteiger partial charge in [0.05, 0.1) is 6.42 Å². The Hall–Kier alpha value is -1.31. The normalized spacial score (nSPS) is 10.8. The molecule has 0 fully saturated rings. The van der Waals surface area contributed by atoms with E-state index in [2.05, 4.69) is 32.0 Å². The number of carboxylic acids is 1. The zero-order valence-electron chi connectivity index (χ0n) is 14.4. The highest BCUT2D eigenvalue weighted by atomic mass is 16.4. The summed E-state index contributed by atoms with van der Waals surface area (Å²) in [7, 11) is 0. The largest absolute Gasteiger partial charge is 0.481 e. The Morgan fingerprint density at radius 3 is 1.64 bits per heavy atom. The first-order valence-electron chi connectivity index (χ1n) is 8.99. The lowest BCUT2D eigenvalue weighted by Crippen LogP contribution is -2.02. The Morgan fingerprint density at radius 1 is 0.773 bits per heavy atom. The Kier molecular flexibility index (Phi) is 9.61. The van der Waals surface area contributed by atoms with E-state index in [1.54, 1.807) is 0 Å². The summed E-state index contributed by atoms with van der Waals surface area (Å²) in [5, 5.41) is 9.04. The van der Waals surface area contributed by atoms with E-state index < -0.39 is 5.97 Å². The Bertz CT molecular complexity index is 407. The van der Waals surface area contributed by atoms with Crippen molar-refractivity contribution in [2.75, 3.05) is 0 Å². The van der Waals surface area contributed by atoms with Gasteiger partial charge in [0.25, 0.3) is 0 Å². The molecule has 0 saturated carbocycles.